The molecule has 0 spiro atoms. The van der Waals surface area contributed by atoms with Crippen LogP contribution in [0.5, 0.6) is 0 Å². The van der Waals surface area contributed by atoms with Crippen molar-refractivity contribution in [1.29, 1.82) is 0 Å². The molecule has 1 amide bonds. The molecule has 1 aliphatic rings. The Balaban J connectivity index is 1.83. The highest BCUT2D eigenvalue weighted by Gasteiger charge is 2.18. The summed E-state index contributed by atoms with van der Waals surface area (Å²) in [7, 11) is 1.84. The van der Waals surface area contributed by atoms with Crippen LogP contribution in [0.1, 0.15) is 25.5 Å². The highest BCUT2D eigenvalue weighted by molar-refractivity contribution is 5.91. The first kappa shape index (κ1) is 13.1. The number of nitrogens with one attached hydrogen (secondary N) is 1. The van der Waals surface area contributed by atoms with Gasteiger partial charge in [0, 0.05) is 13.1 Å². The molecule has 18 heavy (non-hydrogen) atoms. The maximum absolute atomic E-state index is 11.9. The summed E-state index contributed by atoms with van der Waals surface area (Å²) in [5.74, 6) is 1.61. The van der Waals surface area contributed by atoms with Crippen LogP contribution in [0.15, 0.2) is 6.07 Å². The number of hydrogen-bond acceptors (Lipinski definition) is 3. The van der Waals surface area contributed by atoms with Crippen molar-refractivity contribution < 1.29 is 4.79 Å². The predicted molar refractivity (Wildman–Crippen MR) is 71.4 cm³/mol. The fourth-order valence-electron chi connectivity index (χ4n) is 2.33. The van der Waals surface area contributed by atoms with E-state index in [4.69, 9.17) is 0 Å². The number of rotatable bonds is 3. The van der Waals surface area contributed by atoms with Crippen LogP contribution in [-0.4, -0.2) is 40.2 Å². The third kappa shape index (κ3) is 3.32. The summed E-state index contributed by atoms with van der Waals surface area (Å²) in [6.07, 6.45) is 2.39. The minimum absolute atomic E-state index is 0.0487. The lowest BCUT2D eigenvalue weighted by atomic mass is 9.99. The topological polar surface area (TPSA) is 50.2 Å². The van der Waals surface area contributed by atoms with Gasteiger partial charge in [0.25, 0.3) is 0 Å². The van der Waals surface area contributed by atoms with E-state index < -0.39 is 0 Å². The smallest absolute Gasteiger partial charge is 0.239 e. The minimum Gasteiger partial charge on any atom is -0.310 e. The molecule has 1 saturated heterocycles. The Kier molecular flexibility index (Phi) is 4.01. The summed E-state index contributed by atoms with van der Waals surface area (Å²) in [6, 6.07) is 1.89. The molecule has 0 radical (unpaired) electrons. The largest absolute Gasteiger partial charge is 0.310 e. The molecule has 2 rings (SSSR count). The van der Waals surface area contributed by atoms with Crippen LogP contribution in [0.4, 0.5) is 5.82 Å². The number of aryl methyl sites for hydroxylation is 2. The molecule has 5 heteroatoms. The van der Waals surface area contributed by atoms with Gasteiger partial charge in [0.15, 0.2) is 0 Å². The lowest BCUT2D eigenvalue weighted by Crippen LogP contribution is -2.38. The van der Waals surface area contributed by atoms with Crippen molar-refractivity contribution in [3.8, 4) is 0 Å². The van der Waals surface area contributed by atoms with Gasteiger partial charge < -0.3 is 5.32 Å². The second-order valence-corrected chi connectivity index (χ2v) is 5.30. The summed E-state index contributed by atoms with van der Waals surface area (Å²) >= 11 is 0. The van der Waals surface area contributed by atoms with Crippen molar-refractivity contribution in [2.24, 2.45) is 13.0 Å². The molecule has 100 valence electrons. The average Bonchev–Trinajstić information content (AvgIpc) is 2.61. The lowest BCUT2D eigenvalue weighted by Gasteiger charge is -2.29. The minimum atomic E-state index is 0.0487. The third-order valence-corrected chi connectivity index (χ3v) is 3.51. The third-order valence-electron chi connectivity index (χ3n) is 3.51. The molecule has 1 aromatic heterocycles. The van der Waals surface area contributed by atoms with E-state index in [0.29, 0.717) is 6.54 Å². The van der Waals surface area contributed by atoms with Crippen molar-refractivity contribution in [3.63, 3.8) is 0 Å². The Morgan fingerprint density at radius 2 is 2.17 bits per heavy atom. The molecular formula is C13H22N4O. The Morgan fingerprint density at radius 1 is 1.50 bits per heavy atom. The van der Waals surface area contributed by atoms with Gasteiger partial charge in [-0.2, -0.15) is 5.10 Å². The van der Waals surface area contributed by atoms with Crippen LogP contribution in [0.25, 0.3) is 0 Å². The number of likely N-dealkylation sites (tertiary alicyclic amines) is 1. The SMILES string of the molecule is Cc1cc(NC(=O)CN2CCC(C)CC2)n(C)n1. The van der Waals surface area contributed by atoms with Gasteiger partial charge in [-0.25, -0.2) is 0 Å². The molecule has 0 aliphatic carbocycles. The molecule has 1 fully saturated rings. The second-order valence-electron chi connectivity index (χ2n) is 5.30. The summed E-state index contributed by atoms with van der Waals surface area (Å²) in [5.41, 5.74) is 0.916. The fourth-order valence-corrected chi connectivity index (χ4v) is 2.33. The second kappa shape index (κ2) is 5.52. The van der Waals surface area contributed by atoms with Gasteiger partial charge in [0.05, 0.1) is 12.2 Å². The van der Waals surface area contributed by atoms with Crippen LogP contribution < -0.4 is 5.32 Å². The van der Waals surface area contributed by atoms with E-state index in [1.807, 2.05) is 20.0 Å². The average molecular weight is 250 g/mol. The molecular weight excluding hydrogens is 228 g/mol. The summed E-state index contributed by atoms with van der Waals surface area (Å²) in [5, 5.41) is 7.12. The maximum Gasteiger partial charge on any atom is 0.239 e. The molecule has 0 saturated carbocycles. The Labute approximate surface area is 108 Å². The van der Waals surface area contributed by atoms with Gasteiger partial charge in [-0.3, -0.25) is 14.4 Å². The zero-order valence-corrected chi connectivity index (χ0v) is 11.4. The quantitative estimate of drug-likeness (QED) is 0.882. The monoisotopic (exact) mass is 250 g/mol. The van der Waals surface area contributed by atoms with Gasteiger partial charge in [-0.1, -0.05) is 6.92 Å². The zero-order valence-electron chi connectivity index (χ0n) is 11.4. The van der Waals surface area contributed by atoms with Crippen LogP contribution in [0, 0.1) is 12.8 Å². The van der Waals surface area contributed by atoms with Crippen LogP contribution in [0.2, 0.25) is 0 Å². The van der Waals surface area contributed by atoms with Gasteiger partial charge in [0.1, 0.15) is 5.82 Å². The number of carbonyl (C=O) groups excluding carboxylic acids is 1. The first-order valence-corrected chi connectivity index (χ1v) is 6.57. The first-order valence-electron chi connectivity index (χ1n) is 6.57. The highest BCUT2D eigenvalue weighted by Crippen LogP contribution is 2.15. The maximum atomic E-state index is 11.9. The van der Waals surface area contributed by atoms with Crippen LogP contribution in [-0.2, 0) is 11.8 Å². The predicted octanol–water partition coefficient (Wildman–Crippen LogP) is 1.40. The van der Waals surface area contributed by atoms with Gasteiger partial charge >= 0.3 is 0 Å². The molecule has 2 heterocycles. The first-order chi connectivity index (χ1) is 8.54. The Morgan fingerprint density at radius 3 is 2.72 bits per heavy atom. The molecule has 1 N–H and O–H groups in total. The summed E-state index contributed by atoms with van der Waals surface area (Å²) in [6.45, 7) is 6.73. The van der Waals surface area contributed by atoms with Gasteiger partial charge in [0.2, 0.25) is 5.91 Å². The van der Waals surface area contributed by atoms with E-state index in [9.17, 15) is 4.79 Å². The van der Waals surface area contributed by atoms with Crippen molar-refractivity contribution in [1.82, 2.24) is 14.7 Å². The molecule has 1 aliphatic heterocycles. The number of anilines is 1. The van der Waals surface area contributed by atoms with E-state index >= 15 is 0 Å². The van der Waals surface area contributed by atoms with E-state index in [1.54, 1.807) is 4.68 Å². The number of aromatic nitrogens is 2. The molecule has 0 aromatic carbocycles. The highest BCUT2D eigenvalue weighted by atomic mass is 16.2. The van der Waals surface area contributed by atoms with Crippen LogP contribution >= 0.6 is 0 Å². The Hall–Kier alpha value is -1.36. The molecule has 5 nitrogen and oxygen atoms in total. The van der Waals surface area contributed by atoms with E-state index in [1.165, 1.54) is 12.8 Å². The van der Waals surface area contributed by atoms with Gasteiger partial charge in [-0.15, -0.1) is 0 Å². The molecule has 0 atom stereocenters. The van der Waals surface area contributed by atoms with Crippen molar-refractivity contribution in [2.75, 3.05) is 25.0 Å². The number of piperidine rings is 1. The number of nitrogens with zero attached hydrogens (tertiary/aromatic N) is 3. The number of hydrogen-bond donors (Lipinski definition) is 1. The van der Waals surface area contributed by atoms with E-state index in [-0.39, 0.29) is 5.91 Å². The molecule has 0 unspecified atom stereocenters. The standard InChI is InChI=1S/C13H22N4O/c1-10-4-6-17(7-5-10)9-13(18)14-12-8-11(2)15-16(12)3/h8,10H,4-7,9H2,1-3H3,(H,14,18). The Bertz CT molecular complexity index is 419. The fraction of sp³-hybridized carbons (Fsp3) is 0.692. The van der Waals surface area contributed by atoms with E-state index in [0.717, 1.165) is 30.5 Å². The lowest BCUT2D eigenvalue weighted by molar-refractivity contribution is -0.117. The molecule has 0 bridgehead atoms. The van der Waals surface area contributed by atoms with E-state index in [2.05, 4.69) is 22.2 Å². The number of amides is 1. The van der Waals surface area contributed by atoms with Crippen molar-refractivity contribution >= 4 is 11.7 Å². The van der Waals surface area contributed by atoms with Gasteiger partial charge in [-0.05, 0) is 38.8 Å². The van der Waals surface area contributed by atoms with Crippen molar-refractivity contribution in [3.05, 3.63) is 11.8 Å². The molecule has 1 aromatic rings. The van der Waals surface area contributed by atoms with Crippen molar-refractivity contribution in [2.45, 2.75) is 26.7 Å². The summed E-state index contributed by atoms with van der Waals surface area (Å²) < 4.78 is 1.70. The zero-order chi connectivity index (χ0) is 13.1. The number of carbonyl (C=O) groups is 1. The summed E-state index contributed by atoms with van der Waals surface area (Å²) in [4.78, 5) is 14.2. The van der Waals surface area contributed by atoms with Crippen LogP contribution in [0.3, 0.4) is 0 Å². The normalized spacial score (nSPS) is 17.9.